The summed E-state index contributed by atoms with van der Waals surface area (Å²) >= 11 is 0. The number of morpholine rings is 1. The minimum absolute atomic E-state index is 0.0205. The third kappa shape index (κ3) is 5.16. The van der Waals surface area contributed by atoms with E-state index >= 15 is 0 Å². The molecule has 0 unspecified atom stereocenters. The van der Waals surface area contributed by atoms with Gasteiger partial charge < -0.3 is 20.1 Å². The molecule has 138 valence electrons. The molecular formula is C19H22FN3O3. The van der Waals surface area contributed by atoms with Gasteiger partial charge in [-0.1, -0.05) is 0 Å². The average Bonchev–Trinajstić information content (AvgIpc) is 2.66. The normalized spacial score (nSPS) is 17.1. The lowest BCUT2D eigenvalue weighted by Gasteiger charge is -2.33. The van der Waals surface area contributed by atoms with Crippen LogP contribution in [0.2, 0.25) is 0 Å². The second-order valence-electron chi connectivity index (χ2n) is 6.20. The molecule has 26 heavy (non-hydrogen) atoms. The SMILES string of the molecule is Nc1cc(CC[C@H]2CN(C(=O)COc3ccc(F)cc3)CCO2)ccn1. The van der Waals surface area contributed by atoms with Crippen molar-refractivity contribution in [1.82, 2.24) is 9.88 Å². The molecule has 3 rings (SSSR count). The van der Waals surface area contributed by atoms with Crippen molar-refractivity contribution in [2.75, 3.05) is 32.0 Å². The highest BCUT2D eigenvalue weighted by molar-refractivity contribution is 5.77. The van der Waals surface area contributed by atoms with Crippen LogP contribution in [0.3, 0.4) is 0 Å². The van der Waals surface area contributed by atoms with Gasteiger partial charge in [0.05, 0.1) is 12.7 Å². The van der Waals surface area contributed by atoms with Gasteiger partial charge in [-0.25, -0.2) is 9.37 Å². The van der Waals surface area contributed by atoms with E-state index in [1.165, 1.54) is 24.3 Å². The first-order chi connectivity index (χ1) is 12.6. The van der Waals surface area contributed by atoms with Gasteiger partial charge in [0.15, 0.2) is 6.61 Å². The number of anilines is 1. The van der Waals surface area contributed by atoms with Gasteiger partial charge in [-0.15, -0.1) is 0 Å². The number of rotatable bonds is 6. The Kier molecular flexibility index (Phi) is 6.01. The van der Waals surface area contributed by atoms with Gasteiger partial charge in [-0.2, -0.15) is 0 Å². The molecule has 1 saturated heterocycles. The highest BCUT2D eigenvalue weighted by Crippen LogP contribution is 2.15. The summed E-state index contributed by atoms with van der Waals surface area (Å²) in [6.45, 7) is 1.52. The molecule has 0 saturated carbocycles. The topological polar surface area (TPSA) is 77.7 Å². The number of carbonyl (C=O) groups excluding carboxylic acids is 1. The van der Waals surface area contributed by atoms with E-state index in [4.69, 9.17) is 15.2 Å². The third-order valence-electron chi connectivity index (χ3n) is 4.27. The minimum atomic E-state index is -0.337. The van der Waals surface area contributed by atoms with Gasteiger partial charge in [-0.05, 0) is 54.8 Å². The molecule has 2 aromatic rings. The van der Waals surface area contributed by atoms with Crippen LogP contribution in [0, 0.1) is 5.82 Å². The predicted octanol–water partition coefficient (Wildman–Crippen LogP) is 2.04. The minimum Gasteiger partial charge on any atom is -0.484 e. The number of ether oxygens (including phenoxy) is 2. The summed E-state index contributed by atoms with van der Waals surface area (Å²) in [6, 6.07) is 9.39. The number of nitrogen functional groups attached to an aromatic ring is 1. The van der Waals surface area contributed by atoms with Crippen LogP contribution in [0.1, 0.15) is 12.0 Å². The van der Waals surface area contributed by atoms with Gasteiger partial charge in [0.1, 0.15) is 17.4 Å². The van der Waals surface area contributed by atoms with E-state index in [2.05, 4.69) is 4.98 Å². The third-order valence-corrected chi connectivity index (χ3v) is 4.27. The number of pyridine rings is 1. The number of hydrogen-bond donors (Lipinski definition) is 1. The molecule has 0 spiro atoms. The standard InChI is InChI=1S/C19H22FN3O3/c20-15-2-5-16(6-3-15)26-13-19(24)23-9-10-25-17(12-23)4-1-14-7-8-22-18(21)11-14/h2-3,5-8,11,17H,1,4,9-10,12-13H2,(H2,21,22)/t17-/m0/s1. The number of carbonyl (C=O) groups is 1. The molecule has 2 heterocycles. The molecule has 0 aliphatic carbocycles. The largest absolute Gasteiger partial charge is 0.484 e. The van der Waals surface area contributed by atoms with Crippen molar-refractivity contribution in [1.29, 1.82) is 0 Å². The highest BCUT2D eigenvalue weighted by Gasteiger charge is 2.24. The number of halogens is 1. The Morgan fingerprint density at radius 2 is 2.15 bits per heavy atom. The first-order valence-electron chi connectivity index (χ1n) is 8.58. The summed E-state index contributed by atoms with van der Waals surface area (Å²) in [7, 11) is 0. The number of amides is 1. The van der Waals surface area contributed by atoms with E-state index in [-0.39, 0.29) is 24.4 Å². The summed E-state index contributed by atoms with van der Waals surface area (Å²) in [4.78, 5) is 18.1. The lowest BCUT2D eigenvalue weighted by atomic mass is 10.1. The molecule has 1 aromatic heterocycles. The Morgan fingerprint density at radius 3 is 2.92 bits per heavy atom. The van der Waals surface area contributed by atoms with Crippen LogP contribution in [0.5, 0.6) is 5.75 Å². The number of nitrogens with zero attached hydrogens (tertiary/aromatic N) is 2. The van der Waals surface area contributed by atoms with Crippen LogP contribution in [0.15, 0.2) is 42.6 Å². The van der Waals surface area contributed by atoms with Crippen LogP contribution in [-0.4, -0.2) is 48.2 Å². The van der Waals surface area contributed by atoms with Crippen LogP contribution >= 0.6 is 0 Å². The molecule has 6 nitrogen and oxygen atoms in total. The maximum absolute atomic E-state index is 12.9. The first kappa shape index (κ1) is 18.1. The second-order valence-corrected chi connectivity index (χ2v) is 6.20. The van der Waals surface area contributed by atoms with Crippen molar-refractivity contribution in [2.24, 2.45) is 0 Å². The zero-order chi connectivity index (χ0) is 18.4. The fourth-order valence-corrected chi connectivity index (χ4v) is 2.87. The number of aromatic nitrogens is 1. The van der Waals surface area contributed by atoms with E-state index in [1.54, 1.807) is 11.1 Å². The zero-order valence-corrected chi connectivity index (χ0v) is 14.4. The molecule has 1 amide bonds. The first-order valence-corrected chi connectivity index (χ1v) is 8.58. The van der Waals surface area contributed by atoms with E-state index in [0.717, 1.165) is 18.4 Å². The highest BCUT2D eigenvalue weighted by atomic mass is 19.1. The molecule has 1 aliphatic rings. The van der Waals surface area contributed by atoms with Gasteiger partial charge in [0, 0.05) is 19.3 Å². The monoisotopic (exact) mass is 359 g/mol. The maximum atomic E-state index is 12.9. The molecule has 1 atom stereocenters. The Bertz CT molecular complexity index is 739. The second kappa shape index (κ2) is 8.62. The summed E-state index contributed by atoms with van der Waals surface area (Å²) in [5.41, 5.74) is 6.79. The Morgan fingerprint density at radius 1 is 1.35 bits per heavy atom. The fraction of sp³-hybridized carbons (Fsp3) is 0.368. The van der Waals surface area contributed by atoms with E-state index in [9.17, 15) is 9.18 Å². The molecule has 1 aromatic carbocycles. The van der Waals surface area contributed by atoms with Crippen molar-refractivity contribution in [2.45, 2.75) is 18.9 Å². The fourth-order valence-electron chi connectivity index (χ4n) is 2.87. The number of nitrogens with two attached hydrogens (primary N) is 1. The molecular weight excluding hydrogens is 337 g/mol. The molecule has 0 bridgehead atoms. The van der Waals surface area contributed by atoms with Crippen molar-refractivity contribution < 1.29 is 18.7 Å². The van der Waals surface area contributed by atoms with E-state index in [1.807, 2.05) is 12.1 Å². The van der Waals surface area contributed by atoms with E-state index in [0.29, 0.717) is 31.3 Å². The van der Waals surface area contributed by atoms with Crippen molar-refractivity contribution in [3.05, 3.63) is 54.0 Å². The maximum Gasteiger partial charge on any atom is 0.260 e. The Balaban J connectivity index is 1.46. The zero-order valence-electron chi connectivity index (χ0n) is 14.4. The van der Waals surface area contributed by atoms with Crippen LogP contribution < -0.4 is 10.5 Å². The molecule has 1 aliphatic heterocycles. The molecule has 1 fully saturated rings. The summed E-state index contributed by atoms with van der Waals surface area (Å²) in [6.07, 6.45) is 3.28. The molecule has 2 N–H and O–H groups in total. The van der Waals surface area contributed by atoms with Crippen molar-refractivity contribution in [3.8, 4) is 5.75 Å². The number of aryl methyl sites for hydroxylation is 1. The van der Waals surface area contributed by atoms with E-state index < -0.39 is 0 Å². The smallest absolute Gasteiger partial charge is 0.260 e. The van der Waals surface area contributed by atoms with Gasteiger partial charge in [0.2, 0.25) is 0 Å². The van der Waals surface area contributed by atoms with Gasteiger partial charge >= 0.3 is 0 Å². The average molecular weight is 359 g/mol. The van der Waals surface area contributed by atoms with Crippen LogP contribution in [0.4, 0.5) is 10.2 Å². The van der Waals surface area contributed by atoms with Crippen LogP contribution in [-0.2, 0) is 16.0 Å². The molecule has 0 radical (unpaired) electrons. The number of benzene rings is 1. The van der Waals surface area contributed by atoms with Crippen molar-refractivity contribution >= 4 is 11.7 Å². The summed E-state index contributed by atoms with van der Waals surface area (Å²) in [5.74, 6) is 0.535. The summed E-state index contributed by atoms with van der Waals surface area (Å²) < 4.78 is 24.1. The summed E-state index contributed by atoms with van der Waals surface area (Å²) in [5, 5.41) is 0. The van der Waals surface area contributed by atoms with Gasteiger partial charge in [0.25, 0.3) is 5.91 Å². The van der Waals surface area contributed by atoms with Crippen LogP contribution in [0.25, 0.3) is 0 Å². The number of hydrogen-bond acceptors (Lipinski definition) is 5. The van der Waals surface area contributed by atoms with Gasteiger partial charge in [-0.3, -0.25) is 4.79 Å². The quantitative estimate of drug-likeness (QED) is 0.854. The lowest BCUT2D eigenvalue weighted by Crippen LogP contribution is -2.47. The predicted molar refractivity (Wildman–Crippen MR) is 95.2 cm³/mol. The Labute approximate surface area is 151 Å². The van der Waals surface area contributed by atoms with Crippen molar-refractivity contribution in [3.63, 3.8) is 0 Å². The molecule has 7 heteroatoms. The Hall–Kier alpha value is -2.67. The lowest BCUT2D eigenvalue weighted by molar-refractivity contribution is -0.141.